The zero-order valence-electron chi connectivity index (χ0n) is 9.14. The molecule has 17 heavy (non-hydrogen) atoms. The minimum absolute atomic E-state index is 0. The lowest BCUT2D eigenvalue weighted by molar-refractivity contribution is 0.103. The van der Waals surface area contributed by atoms with Crippen LogP contribution < -0.4 is 10.5 Å². The molecule has 0 atom stereocenters. The van der Waals surface area contributed by atoms with Crippen LogP contribution in [0.1, 0.15) is 16.1 Å². The van der Waals surface area contributed by atoms with Gasteiger partial charge in [0, 0.05) is 6.07 Å². The summed E-state index contributed by atoms with van der Waals surface area (Å²) in [5, 5.41) is 6.28. The van der Waals surface area contributed by atoms with Gasteiger partial charge >= 0.3 is 0 Å². The molecular weight excluding hydrogens is 242 g/mol. The molecule has 0 amide bonds. The number of aromatic amines is 1. The summed E-state index contributed by atoms with van der Waals surface area (Å²) in [6.45, 7) is 0. The average molecular weight is 254 g/mol. The van der Waals surface area contributed by atoms with Crippen molar-refractivity contribution >= 4 is 24.0 Å². The van der Waals surface area contributed by atoms with Gasteiger partial charge in [-0.05, 0) is 12.1 Å². The Labute approximate surface area is 104 Å². The van der Waals surface area contributed by atoms with Gasteiger partial charge in [-0.2, -0.15) is 5.10 Å². The van der Waals surface area contributed by atoms with E-state index in [4.69, 9.17) is 10.5 Å². The first-order valence-corrected chi connectivity index (χ1v) is 4.71. The van der Waals surface area contributed by atoms with Crippen LogP contribution in [-0.2, 0) is 0 Å². The number of aromatic nitrogens is 2. The molecule has 0 saturated carbocycles. The fraction of sp³-hybridized carbons (Fsp3) is 0.0909. The van der Waals surface area contributed by atoms with E-state index in [1.54, 1.807) is 24.3 Å². The molecule has 6 heteroatoms. The van der Waals surface area contributed by atoms with Gasteiger partial charge in [0.05, 0.1) is 12.7 Å². The number of benzene rings is 1. The maximum absolute atomic E-state index is 12.0. The van der Waals surface area contributed by atoms with Crippen molar-refractivity contribution in [2.75, 3.05) is 12.8 Å². The second-order valence-corrected chi connectivity index (χ2v) is 3.24. The third-order valence-corrected chi connectivity index (χ3v) is 2.19. The third-order valence-electron chi connectivity index (χ3n) is 2.19. The van der Waals surface area contributed by atoms with Gasteiger partial charge in [-0.15, -0.1) is 12.4 Å². The number of ketones is 1. The molecule has 0 aliphatic heterocycles. The number of nitrogens with zero attached hydrogens (tertiary/aromatic N) is 1. The number of ether oxygens (including phenoxy) is 1. The number of carbonyl (C=O) groups is 1. The molecule has 90 valence electrons. The van der Waals surface area contributed by atoms with E-state index in [1.165, 1.54) is 13.2 Å². The predicted octanol–water partition coefficient (Wildman–Crippen LogP) is 1.65. The maximum Gasteiger partial charge on any atom is 0.214 e. The minimum Gasteiger partial charge on any atom is -0.496 e. The molecular formula is C11H12ClN3O2. The summed E-state index contributed by atoms with van der Waals surface area (Å²) in [4.78, 5) is 12.0. The van der Waals surface area contributed by atoms with Crippen molar-refractivity contribution < 1.29 is 9.53 Å². The summed E-state index contributed by atoms with van der Waals surface area (Å²) in [5.74, 6) is 0.626. The molecule has 0 aliphatic carbocycles. The molecule has 3 N–H and O–H groups in total. The van der Waals surface area contributed by atoms with Crippen LogP contribution in [-0.4, -0.2) is 23.1 Å². The Morgan fingerprint density at radius 2 is 2.12 bits per heavy atom. The van der Waals surface area contributed by atoms with Gasteiger partial charge in [0.15, 0.2) is 0 Å². The van der Waals surface area contributed by atoms with Crippen molar-refractivity contribution in [3.05, 3.63) is 41.6 Å². The molecule has 0 saturated heterocycles. The number of anilines is 1. The number of carbonyl (C=O) groups excluding carboxylic acids is 1. The van der Waals surface area contributed by atoms with E-state index in [0.717, 1.165) is 0 Å². The van der Waals surface area contributed by atoms with Crippen molar-refractivity contribution in [1.82, 2.24) is 10.2 Å². The number of hydrogen-bond acceptors (Lipinski definition) is 4. The van der Waals surface area contributed by atoms with E-state index in [-0.39, 0.29) is 18.2 Å². The number of rotatable bonds is 3. The number of nitrogens with two attached hydrogens (primary N) is 1. The highest BCUT2D eigenvalue weighted by Gasteiger charge is 2.15. The molecule has 1 aromatic carbocycles. The molecule has 0 bridgehead atoms. The first-order valence-electron chi connectivity index (χ1n) is 4.71. The molecule has 5 nitrogen and oxygen atoms in total. The van der Waals surface area contributed by atoms with Gasteiger partial charge in [-0.25, -0.2) is 0 Å². The van der Waals surface area contributed by atoms with Crippen LogP contribution in [0.2, 0.25) is 0 Å². The van der Waals surface area contributed by atoms with Crippen molar-refractivity contribution in [3.63, 3.8) is 0 Å². The number of halogens is 1. The number of H-pyrrole nitrogens is 1. The van der Waals surface area contributed by atoms with Crippen molar-refractivity contribution in [3.8, 4) is 5.75 Å². The fourth-order valence-electron chi connectivity index (χ4n) is 1.43. The quantitative estimate of drug-likeness (QED) is 0.815. The predicted molar refractivity (Wildman–Crippen MR) is 66.7 cm³/mol. The minimum atomic E-state index is -0.193. The molecule has 1 heterocycles. The first-order chi connectivity index (χ1) is 7.72. The van der Waals surface area contributed by atoms with Crippen molar-refractivity contribution in [1.29, 1.82) is 0 Å². The van der Waals surface area contributed by atoms with Crippen molar-refractivity contribution in [2.24, 2.45) is 0 Å². The lowest BCUT2D eigenvalue weighted by Gasteiger charge is -2.05. The Hall–Kier alpha value is -2.01. The van der Waals surface area contributed by atoms with E-state index in [1.807, 2.05) is 0 Å². The third kappa shape index (κ3) is 2.57. The monoisotopic (exact) mass is 253 g/mol. The molecule has 0 radical (unpaired) electrons. The largest absolute Gasteiger partial charge is 0.496 e. The van der Waals surface area contributed by atoms with E-state index in [2.05, 4.69) is 10.2 Å². The highest BCUT2D eigenvalue weighted by molar-refractivity contribution is 6.09. The Morgan fingerprint density at radius 3 is 2.71 bits per heavy atom. The highest BCUT2D eigenvalue weighted by atomic mass is 35.5. The first kappa shape index (κ1) is 13.1. The number of para-hydroxylation sites is 1. The average Bonchev–Trinajstić information content (AvgIpc) is 2.75. The van der Waals surface area contributed by atoms with E-state index in [0.29, 0.717) is 22.8 Å². The molecule has 0 fully saturated rings. The molecule has 0 spiro atoms. The summed E-state index contributed by atoms with van der Waals surface area (Å²) in [5.41, 5.74) is 6.27. The summed E-state index contributed by atoms with van der Waals surface area (Å²) >= 11 is 0. The van der Waals surface area contributed by atoms with Crippen LogP contribution in [0.25, 0.3) is 0 Å². The highest BCUT2D eigenvalue weighted by Crippen LogP contribution is 2.20. The molecule has 0 unspecified atom stereocenters. The summed E-state index contributed by atoms with van der Waals surface area (Å²) < 4.78 is 5.11. The maximum atomic E-state index is 12.0. The van der Waals surface area contributed by atoms with Gasteiger partial charge in [-0.1, -0.05) is 12.1 Å². The number of hydrogen-bond donors (Lipinski definition) is 2. The lowest BCUT2D eigenvalue weighted by Crippen LogP contribution is -2.04. The van der Waals surface area contributed by atoms with E-state index in [9.17, 15) is 4.79 Å². The van der Waals surface area contributed by atoms with Crippen molar-refractivity contribution in [2.45, 2.75) is 0 Å². The van der Waals surface area contributed by atoms with Gasteiger partial charge in [0.1, 0.15) is 17.3 Å². The second-order valence-electron chi connectivity index (χ2n) is 3.24. The van der Waals surface area contributed by atoms with Gasteiger partial charge < -0.3 is 10.5 Å². The second kappa shape index (κ2) is 5.36. The lowest BCUT2D eigenvalue weighted by atomic mass is 10.1. The van der Waals surface area contributed by atoms with E-state index >= 15 is 0 Å². The molecule has 2 aromatic rings. The Balaban J connectivity index is 0.00000144. The Morgan fingerprint density at radius 1 is 1.41 bits per heavy atom. The van der Waals surface area contributed by atoms with Gasteiger partial charge in [0.25, 0.3) is 0 Å². The van der Waals surface area contributed by atoms with Crippen LogP contribution in [0.3, 0.4) is 0 Å². The number of nitrogens with one attached hydrogen (secondary N) is 1. The van der Waals surface area contributed by atoms with E-state index < -0.39 is 0 Å². The van der Waals surface area contributed by atoms with Crippen LogP contribution in [0.5, 0.6) is 5.75 Å². The standard InChI is InChI=1S/C11H11N3O2.ClH/c1-16-9-5-3-2-4-7(9)11(15)8-6-10(12)14-13-8;/h2-6H,1H3,(H3,12,13,14);1H. The van der Waals surface area contributed by atoms with Crippen LogP contribution in [0.4, 0.5) is 5.82 Å². The number of methoxy groups -OCH3 is 1. The van der Waals surface area contributed by atoms with Crippen LogP contribution in [0.15, 0.2) is 30.3 Å². The summed E-state index contributed by atoms with van der Waals surface area (Å²) in [7, 11) is 1.52. The van der Waals surface area contributed by atoms with Gasteiger partial charge in [-0.3, -0.25) is 9.89 Å². The summed E-state index contributed by atoms with van der Waals surface area (Å²) in [6, 6.07) is 8.49. The Bertz CT molecular complexity index is 525. The zero-order chi connectivity index (χ0) is 11.5. The molecule has 0 aliphatic rings. The Kier molecular flexibility index (Phi) is 4.12. The zero-order valence-corrected chi connectivity index (χ0v) is 9.95. The molecule has 1 aromatic heterocycles. The topological polar surface area (TPSA) is 81.0 Å². The fourth-order valence-corrected chi connectivity index (χ4v) is 1.43. The molecule has 2 rings (SSSR count). The number of nitrogen functional groups attached to an aromatic ring is 1. The smallest absolute Gasteiger partial charge is 0.214 e. The van der Waals surface area contributed by atoms with Crippen LogP contribution >= 0.6 is 12.4 Å². The SMILES string of the molecule is COc1ccccc1C(=O)c1cc(N)n[nH]1.Cl. The normalized spacial score (nSPS) is 9.47. The van der Waals surface area contributed by atoms with Gasteiger partial charge in [0.2, 0.25) is 5.78 Å². The van der Waals surface area contributed by atoms with Crippen LogP contribution in [0, 0.1) is 0 Å². The summed E-state index contributed by atoms with van der Waals surface area (Å²) in [6.07, 6.45) is 0.